The van der Waals surface area contributed by atoms with E-state index >= 15 is 0 Å². The van der Waals surface area contributed by atoms with Crippen LogP contribution in [-0.4, -0.2) is 21.0 Å². The summed E-state index contributed by atoms with van der Waals surface area (Å²) in [6.07, 6.45) is 0.129. The summed E-state index contributed by atoms with van der Waals surface area (Å²) in [5, 5.41) is 11.5. The molecule has 0 spiro atoms. The zero-order valence-corrected chi connectivity index (χ0v) is 14.8. The monoisotopic (exact) mass is 350 g/mol. The van der Waals surface area contributed by atoms with Crippen LogP contribution in [0.3, 0.4) is 0 Å². The lowest BCUT2D eigenvalue weighted by Crippen LogP contribution is -2.18. The fourth-order valence-electron chi connectivity index (χ4n) is 2.62. The highest BCUT2D eigenvalue weighted by Crippen LogP contribution is 2.32. The number of thioether (sulfide) groups is 1. The number of aromatic nitrogens is 3. The van der Waals surface area contributed by atoms with Crippen LogP contribution in [0, 0.1) is 0 Å². The van der Waals surface area contributed by atoms with E-state index in [0.717, 1.165) is 33.6 Å². The van der Waals surface area contributed by atoms with E-state index in [9.17, 15) is 0 Å². The highest BCUT2D eigenvalue weighted by molar-refractivity contribution is 8.02. The first-order chi connectivity index (χ1) is 12.2. The average molecular weight is 350 g/mol. The molecule has 0 fully saturated rings. The van der Waals surface area contributed by atoms with Gasteiger partial charge in [-0.2, -0.15) is 0 Å². The Kier molecular flexibility index (Phi) is 4.19. The van der Waals surface area contributed by atoms with Gasteiger partial charge in [-0.15, -0.1) is 10.2 Å². The summed E-state index contributed by atoms with van der Waals surface area (Å²) in [5.74, 6) is 1.59. The van der Waals surface area contributed by atoms with Gasteiger partial charge in [-0.25, -0.2) is 4.68 Å². The Hall–Kier alpha value is -2.73. The van der Waals surface area contributed by atoms with Gasteiger partial charge in [0.05, 0.1) is 11.8 Å². The van der Waals surface area contributed by atoms with Gasteiger partial charge in [0.1, 0.15) is 5.75 Å². The first-order valence-electron chi connectivity index (χ1n) is 8.12. The topological polar surface area (TPSA) is 52.0 Å². The summed E-state index contributed by atoms with van der Waals surface area (Å²) >= 11 is 1.56. The molecule has 126 valence electrons. The first-order valence-corrected chi connectivity index (χ1v) is 9.00. The van der Waals surface area contributed by atoms with E-state index in [2.05, 4.69) is 33.2 Å². The van der Waals surface area contributed by atoms with Gasteiger partial charge in [-0.05, 0) is 31.5 Å². The van der Waals surface area contributed by atoms with Gasteiger partial charge in [-0.1, -0.05) is 54.2 Å². The number of benzene rings is 2. The van der Waals surface area contributed by atoms with Crippen molar-refractivity contribution in [3.8, 4) is 17.1 Å². The molecule has 0 unspecified atom stereocenters. The Bertz CT molecular complexity index is 918. The molecule has 2 aromatic carbocycles. The summed E-state index contributed by atoms with van der Waals surface area (Å²) in [7, 11) is 0. The van der Waals surface area contributed by atoms with Crippen molar-refractivity contribution in [2.75, 3.05) is 5.43 Å². The van der Waals surface area contributed by atoms with Crippen LogP contribution in [0.2, 0.25) is 0 Å². The lowest BCUT2D eigenvalue weighted by Gasteiger charge is -2.19. The summed E-state index contributed by atoms with van der Waals surface area (Å²) in [6, 6.07) is 18.1. The molecular formula is C19H18N4OS. The normalized spacial score (nSPS) is 13.2. The number of fused-ring (bicyclic) bond motifs is 1. The third-order valence-corrected chi connectivity index (χ3v) is 4.53. The smallest absolute Gasteiger partial charge is 0.214 e. The quantitative estimate of drug-likeness (QED) is 0.757. The highest BCUT2D eigenvalue weighted by Gasteiger charge is 2.19. The molecule has 3 aromatic rings. The van der Waals surface area contributed by atoms with Gasteiger partial charge < -0.3 is 4.74 Å². The molecule has 6 heteroatoms. The Morgan fingerprint density at radius 1 is 1.00 bits per heavy atom. The van der Waals surface area contributed by atoms with Crippen LogP contribution in [0.4, 0.5) is 0 Å². The van der Waals surface area contributed by atoms with Crippen molar-refractivity contribution in [1.82, 2.24) is 14.9 Å². The predicted octanol–water partition coefficient (Wildman–Crippen LogP) is 4.38. The molecule has 0 radical (unpaired) electrons. The highest BCUT2D eigenvalue weighted by atomic mass is 32.2. The Morgan fingerprint density at radius 3 is 2.60 bits per heavy atom. The zero-order valence-electron chi connectivity index (χ0n) is 14.0. The molecule has 25 heavy (non-hydrogen) atoms. The Morgan fingerprint density at radius 2 is 1.80 bits per heavy atom. The van der Waals surface area contributed by atoms with Crippen LogP contribution in [-0.2, 0) is 0 Å². The van der Waals surface area contributed by atoms with Crippen molar-refractivity contribution < 1.29 is 4.74 Å². The summed E-state index contributed by atoms with van der Waals surface area (Å²) in [5.41, 5.74) is 6.51. The maximum Gasteiger partial charge on any atom is 0.214 e. The van der Waals surface area contributed by atoms with Crippen molar-refractivity contribution in [2.24, 2.45) is 0 Å². The van der Waals surface area contributed by atoms with Gasteiger partial charge in [0.15, 0.2) is 5.82 Å². The number of hydrogen-bond acceptors (Lipinski definition) is 5. The lowest BCUT2D eigenvalue weighted by molar-refractivity contribution is 0.242. The summed E-state index contributed by atoms with van der Waals surface area (Å²) in [4.78, 5) is 0. The predicted molar refractivity (Wildman–Crippen MR) is 101 cm³/mol. The molecule has 1 aromatic heterocycles. The van der Waals surface area contributed by atoms with E-state index in [1.807, 2.05) is 61.0 Å². The number of nitrogens with one attached hydrogen (secondary N) is 1. The van der Waals surface area contributed by atoms with Gasteiger partial charge in [0.2, 0.25) is 5.16 Å². The van der Waals surface area contributed by atoms with Crippen LogP contribution in [0.15, 0.2) is 65.2 Å². The second-order valence-electron chi connectivity index (χ2n) is 5.96. The number of rotatable bonds is 4. The van der Waals surface area contributed by atoms with Gasteiger partial charge in [-0.3, -0.25) is 5.43 Å². The van der Waals surface area contributed by atoms with Crippen LogP contribution >= 0.6 is 11.8 Å². The van der Waals surface area contributed by atoms with Crippen LogP contribution in [0.25, 0.3) is 17.1 Å². The molecular weight excluding hydrogens is 332 g/mol. The van der Waals surface area contributed by atoms with Crippen molar-refractivity contribution in [1.29, 1.82) is 0 Å². The third-order valence-electron chi connectivity index (χ3n) is 3.70. The second kappa shape index (κ2) is 6.64. The summed E-state index contributed by atoms with van der Waals surface area (Å²) < 4.78 is 7.71. The van der Waals surface area contributed by atoms with E-state index < -0.39 is 0 Å². The maximum absolute atomic E-state index is 5.79. The number of ether oxygens (including phenoxy) is 1. The van der Waals surface area contributed by atoms with Crippen LogP contribution in [0.5, 0.6) is 5.75 Å². The Balaban J connectivity index is 1.67. The van der Waals surface area contributed by atoms with E-state index in [0.29, 0.717) is 0 Å². The van der Waals surface area contributed by atoms with Crippen molar-refractivity contribution in [2.45, 2.75) is 25.1 Å². The summed E-state index contributed by atoms with van der Waals surface area (Å²) in [6.45, 7) is 4.03. The van der Waals surface area contributed by atoms with E-state index in [-0.39, 0.29) is 6.10 Å². The minimum atomic E-state index is 0.129. The standard InChI is InChI=1S/C19H18N4OS/c1-13(2)24-16-10-6-9-15(11-16)18-20-21-19-23(18)22-17(12-25-19)14-7-4-3-5-8-14/h3-13,22H,1-2H3. The van der Waals surface area contributed by atoms with Crippen LogP contribution in [0.1, 0.15) is 19.4 Å². The van der Waals surface area contributed by atoms with Crippen molar-refractivity contribution in [3.63, 3.8) is 0 Å². The first kappa shape index (κ1) is 15.8. The second-order valence-corrected chi connectivity index (χ2v) is 6.80. The van der Waals surface area contributed by atoms with E-state index in [1.54, 1.807) is 11.8 Å². The molecule has 1 aliphatic heterocycles. The molecule has 0 amide bonds. The lowest BCUT2D eigenvalue weighted by atomic mass is 10.2. The average Bonchev–Trinajstić information content (AvgIpc) is 3.05. The molecule has 5 nitrogen and oxygen atoms in total. The van der Waals surface area contributed by atoms with Gasteiger partial charge >= 0.3 is 0 Å². The van der Waals surface area contributed by atoms with Gasteiger partial charge in [0.25, 0.3) is 0 Å². The number of nitrogens with zero attached hydrogens (tertiary/aromatic N) is 3. The third kappa shape index (κ3) is 3.25. The molecule has 0 saturated heterocycles. The Labute approximate surface area is 150 Å². The minimum absolute atomic E-state index is 0.129. The minimum Gasteiger partial charge on any atom is -0.491 e. The number of hydrogen-bond donors (Lipinski definition) is 1. The molecule has 0 atom stereocenters. The molecule has 1 aliphatic rings. The van der Waals surface area contributed by atoms with E-state index in [4.69, 9.17) is 4.74 Å². The molecule has 2 heterocycles. The SMILES string of the molecule is CC(C)Oc1cccc(-c2nnc3n2NC(c2ccccc2)=CS3)c1. The fraction of sp³-hybridized carbons (Fsp3) is 0.158. The van der Waals surface area contributed by atoms with E-state index in [1.165, 1.54) is 0 Å². The molecule has 4 rings (SSSR count). The van der Waals surface area contributed by atoms with Crippen molar-refractivity contribution in [3.05, 3.63) is 65.6 Å². The van der Waals surface area contributed by atoms with Crippen molar-refractivity contribution >= 4 is 17.5 Å². The van der Waals surface area contributed by atoms with Gasteiger partial charge in [0, 0.05) is 11.0 Å². The maximum atomic E-state index is 5.79. The van der Waals surface area contributed by atoms with Crippen LogP contribution < -0.4 is 10.2 Å². The largest absolute Gasteiger partial charge is 0.491 e. The fourth-order valence-corrected chi connectivity index (χ4v) is 3.36. The molecule has 0 bridgehead atoms. The molecule has 1 N–H and O–H groups in total. The molecule has 0 saturated carbocycles. The molecule has 0 aliphatic carbocycles. The zero-order chi connectivity index (χ0) is 17.2.